The van der Waals surface area contributed by atoms with E-state index in [0.717, 1.165) is 5.57 Å². The zero-order valence-electron chi connectivity index (χ0n) is 78.6. The lowest BCUT2D eigenvalue weighted by molar-refractivity contribution is -0.398. The second-order valence-corrected chi connectivity index (χ2v) is 42.3. The summed E-state index contributed by atoms with van der Waals surface area (Å²) in [7, 11) is 0. The summed E-state index contributed by atoms with van der Waals surface area (Å²) in [6, 6.07) is -1.33. The highest BCUT2D eigenvalue weighted by molar-refractivity contribution is 5.87. The van der Waals surface area contributed by atoms with Crippen molar-refractivity contribution in [2.45, 2.75) is 410 Å². The first-order valence-electron chi connectivity index (χ1n) is 47.5. The molecule has 14 aliphatic rings. The Morgan fingerprint density at radius 1 is 0.489 bits per heavy atom. The molecule has 0 aromatic carbocycles. The summed E-state index contributed by atoms with van der Waals surface area (Å²) in [5.74, 6) is -3.59. The van der Waals surface area contributed by atoms with Gasteiger partial charge in [0.15, 0.2) is 56.4 Å². The van der Waals surface area contributed by atoms with Crippen LogP contribution >= 0.6 is 0 Å². The van der Waals surface area contributed by atoms with Gasteiger partial charge >= 0.3 is 11.9 Å². The van der Waals surface area contributed by atoms with E-state index in [1.807, 2.05) is 0 Å². The van der Waals surface area contributed by atoms with Crippen LogP contribution in [0.3, 0.4) is 0 Å². The van der Waals surface area contributed by atoms with E-state index in [-0.39, 0.29) is 49.7 Å². The Labute approximate surface area is 791 Å². The van der Waals surface area contributed by atoms with Crippen molar-refractivity contribution in [2.75, 3.05) is 52.9 Å². The number of esters is 2. The molecule has 14 rings (SSSR count). The fourth-order valence-corrected chi connectivity index (χ4v) is 24.0. The number of hydrogen-bond donors (Lipinski definition) is 24. The van der Waals surface area contributed by atoms with Crippen LogP contribution in [0.2, 0.25) is 0 Å². The Morgan fingerprint density at radius 3 is 1.61 bits per heavy atom. The summed E-state index contributed by atoms with van der Waals surface area (Å²) in [4.78, 5) is 43.6. The van der Waals surface area contributed by atoms with Crippen molar-refractivity contribution in [2.24, 2.45) is 50.2 Å². The van der Waals surface area contributed by atoms with Gasteiger partial charge in [-0.25, -0.2) is 4.79 Å². The zero-order chi connectivity index (χ0) is 100. The Morgan fingerprint density at radius 2 is 0.993 bits per heavy atom. The van der Waals surface area contributed by atoms with E-state index in [9.17, 15) is 127 Å². The van der Waals surface area contributed by atoms with Crippen LogP contribution in [0.5, 0.6) is 0 Å². The van der Waals surface area contributed by atoms with E-state index in [0.29, 0.717) is 44.9 Å². The normalized spacial score (nSPS) is 50.5. The summed E-state index contributed by atoms with van der Waals surface area (Å²) in [5.41, 5.74) is -5.34. The van der Waals surface area contributed by atoms with Gasteiger partial charge in [-0.15, -0.1) is 6.58 Å². The number of hydrogen-bond acceptors (Lipinski definition) is 45. The summed E-state index contributed by atoms with van der Waals surface area (Å²) in [5, 5.41) is 260. The third kappa shape index (κ3) is 21.1. The standard InChI is InChI=1S/C91H145NO45/c1-13-87(9,137-79-65(113)55(103)42(97)30-123-79)20-14-15-35(2)74(117)119-33-46-59(107)62(110)73(135-81-68(116)71(133-80-66(114)61(109)57(105)45(27-93)127-80)69(36(3)126-81)131-78-67(115)70(44(99)32-122-78)132-76-63(111)53(101)40(95)28-120-76)83(129-46)136-84(118)91-24-23-85(5,6)25-39(91)38-16-17-49-88(10)21-19-51(86(7,8)48(88)18-22-89(49,11)90(38,12)26-50(91)100)130-75-52(92-37(4)94)60(108)58(106)47(128-75)34-125-82-72(56(104)43(98)31-124-82)134-77-64(112)54(102)41(96)29-121-77/h13,15-16,36,39-73,75-83,93,95-116H,1,14,17-34H2,2-12H3,(H,92,94). The molecule has 0 bridgehead atoms. The van der Waals surface area contributed by atoms with Crippen LogP contribution in [0, 0.1) is 50.2 Å². The van der Waals surface area contributed by atoms with Crippen molar-refractivity contribution in [3.05, 3.63) is 36.0 Å². The van der Waals surface area contributed by atoms with Gasteiger partial charge in [-0.1, -0.05) is 72.3 Å². The first-order chi connectivity index (χ1) is 64.3. The van der Waals surface area contributed by atoms with Gasteiger partial charge in [-0.3, -0.25) is 9.59 Å². The van der Waals surface area contributed by atoms with E-state index in [4.69, 9.17) is 90.0 Å². The molecule has 9 saturated heterocycles. The summed E-state index contributed by atoms with van der Waals surface area (Å²) >= 11 is 0. The van der Waals surface area contributed by atoms with E-state index in [1.165, 1.54) is 32.9 Å². The minimum Gasteiger partial charge on any atom is -0.459 e. The smallest absolute Gasteiger partial charge is 0.333 e. The molecule has 1 amide bonds. The van der Waals surface area contributed by atoms with Gasteiger partial charge in [-0.2, -0.15) is 0 Å². The summed E-state index contributed by atoms with van der Waals surface area (Å²) in [6.07, 6.45) is -63.5. The Balaban J connectivity index is 0.729. The molecular weight excluding hydrogens is 1830 g/mol. The maximum Gasteiger partial charge on any atom is 0.333 e. The van der Waals surface area contributed by atoms with E-state index in [1.54, 1.807) is 6.92 Å². The second kappa shape index (κ2) is 42.8. The molecule has 9 aliphatic heterocycles. The highest BCUT2D eigenvalue weighted by Crippen LogP contribution is 2.76. The molecule has 50 unspecified atom stereocenters. The van der Waals surface area contributed by atoms with Crippen LogP contribution in [-0.4, -0.2) is 452 Å². The average molecular weight is 1970 g/mol. The van der Waals surface area contributed by atoms with Gasteiger partial charge in [0.05, 0.1) is 70.2 Å². The quantitative estimate of drug-likeness (QED) is 0.0150. The highest BCUT2D eigenvalue weighted by atomic mass is 16.8. The lowest BCUT2D eigenvalue weighted by Crippen LogP contribution is -2.69. The molecule has 137 heavy (non-hydrogen) atoms. The number of allylic oxidation sites excluding steroid dienone is 3. The van der Waals surface area contributed by atoms with Gasteiger partial charge in [-0.05, 0) is 136 Å². The first-order valence-corrected chi connectivity index (χ1v) is 47.5. The topological polar surface area (TPSA) is 704 Å². The third-order valence-corrected chi connectivity index (χ3v) is 32.5. The molecular formula is C91H145NO45. The summed E-state index contributed by atoms with van der Waals surface area (Å²) in [6.45, 7) is 19.5. The zero-order valence-corrected chi connectivity index (χ0v) is 78.6. The molecule has 784 valence electrons. The van der Waals surface area contributed by atoms with Crippen molar-refractivity contribution in [3.63, 3.8) is 0 Å². The number of fused-ring (bicyclic) bond motifs is 7. The van der Waals surface area contributed by atoms with E-state index in [2.05, 4.69) is 66.4 Å². The van der Waals surface area contributed by atoms with Crippen LogP contribution in [0.4, 0.5) is 0 Å². The lowest BCUT2D eigenvalue weighted by Gasteiger charge is -2.72. The van der Waals surface area contributed by atoms with Gasteiger partial charge in [0.2, 0.25) is 12.2 Å². The summed E-state index contributed by atoms with van der Waals surface area (Å²) < 4.78 is 115. The molecule has 50 atom stereocenters. The second-order valence-electron chi connectivity index (χ2n) is 42.3. The number of rotatable bonds is 28. The fourth-order valence-electron chi connectivity index (χ4n) is 24.0. The minimum atomic E-state index is -2.32. The van der Waals surface area contributed by atoms with Gasteiger partial charge < -0.3 is 213 Å². The predicted molar refractivity (Wildman–Crippen MR) is 455 cm³/mol. The van der Waals surface area contributed by atoms with Crippen LogP contribution in [0.25, 0.3) is 0 Å². The van der Waals surface area contributed by atoms with Crippen molar-refractivity contribution in [1.82, 2.24) is 5.32 Å². The van der Waals surface area contributed by atoms with Gasteiger partial charge in [0, 0.05) is 12.5 Å². The molecule has 0 aromatic rings. The molecule has 0 radical (unpaired) electrons. The molecule has 46 heteroatoms. The number of aliphatic hydroxyl groups excluding tert-OH is 23. The number of carbonyl (C=O) groups excluding carboxylic acids is 3. The number of ether oxygens (including phenoxy) is 19. The number of nitrogens with one attached hydrogen (secondary N) is 1. The predicted octanol–water partition coefficient (Wildman–Crippen LogP) is -7.36. The fraction of sp³-hybridized carbons (Fsp3) is 0.901. The maximum absolute atomic E-state index is 16.6. The molecule has 5 aliphatic carbocycles. The lowest BCUT2D eigenvalue weighted by atomic mass is 9.33. The highest BCUT2D eigenvalue weighted by Gasteiger charge is 2.73. The average Bonchev–Trinajstić information content (AvgIpc) is 0.668. The van der Waals surface area contributed by atoms with Crippen molar-refractivity contribution < 1.29 is 222 Å². The van der Waals surface area contributed by atoms with Crippen molar-refractivity contribution in [3.8, 4) is 0 Å². The molecule has 13 fully saturated rings. The van der Waals surface area contributed by atoms with Crippen LogP contribution in [-0.2, 0) is 104 Å². The molecule has 0 aromatic heterocycles. The molecule has 24 N–H and O–H groups in total. The molecule has 46 nitrogen and oxygen atoms in total. The Kier molecular flexibility index (Phi) is 34.0. The van der Waals surface area contributed by atoms with Crippen molar-refractivity contribution >= 4 is 17.8 Å². The maximum atomic E-state index is 16.6. The van der Waals surface area contributed by atoms with Gasteiger partial charge in [0.1, 0.15) is 189 Å². The first kappa shape index (κ1) is 109. The van der Waals surface area contributed by atoms with Crippen LogP contribution < -0.4 is 5.32 Å². The monoisotopic (exact) mass is 1970 g/mol. The van der Waals surface area contributed by atoms with E-state index < -0.39 is 366 Å². The Bertz CT molecular complexity index is 4140. The van der Waals surface area contributed by atoms with Gasteiger partial charge in [0.25, 0.3) is 0 Å². The van der Waals surface area contributed by atoms with Crippen LogP contribution in [0.15, 0.2) is 36.0 Å². The number of aliphatic hydroxyl groups is 23. The van der Waals surface area contributed by atoms with Crippen molar-refractivity contribution in [1.29, 1.82) is 0 Å². The molecule has 0 spiro atoms. The Hall–Kier alpha value is -3.97. The number of carbonyl (C=O) groups is 3. The largest absolute Gasteiger partial charge is 0.459 e. The molecule has 4 saturated carbocycles. The van der Waals surface area contributed by atoms with E-state index >= 15 is 4.79 Å². The SMILES string of the molecule is C=CC(C)(CCC=C(C)C(=O)OCC1OC(OC(=O)C23CCC(C)(C)CC2C2=CCC4C5(C)CCC(OC6OC(COC7OCC(O)C(O)C7OC7OCC(O)C(O)C7O)C(O)C(O)C6NC(C)=O)C(C)(C)C5CCC4(C)C2(C)CC3O)C(OC2OC(C)C(OC3OCC(O)C(OC4OCC(O)C(O)C4O)C3O)C(OC3OC(CO)C(O)C(O)C3O)C2O)C(O)C1O)OC1OCC(O)C(O)C1O. The third-order valence-electron chi connectivity index (χ3n) is 32.5. The number of amides is 1. The minimum absolute atomic E-state index is 0.00138. The molecule has 9 heterocycles. The van der Waals surface area contributed by atoms with Crippen LogP contribution in [0.1, 0.15) is 147 Å².